The quantitative estimate of drug-likeness (QED) is 0.719. The van der Waals surface area contributed by atoms with Gasteiger partial charge in [0.25, 0.3) is 0 Å². The van der Waals surface area contributed by atoms with E-state index in [1.165, 1.54) is 5.56 Å². The molecule has 0 aliphatic rings. The molecule has 72 valence electrons. The van der Waals surface area contributed by atoms with Gasteiger partial charge >= 0.3 is 0 Å². The summed E-state index contributed by atoms with van der Waals surface area (Å²) in [6.07, 6.45) is 3.53. The molecule has 0 aromatic carbocycles. The van der Waals surface area contributed by atoms with Gasteiger partial charge in [0.1, 0.15) is 5.76 Å². The van der Waals surface area contributed by atoms with Crippen molar-refractivity contribution in [2.45, 2.75) is 17.7 Å². The first-order valence-electron chi connectivity index (χ1n) is 4.43. The zero-order valence-electron chi connectivity index (χ0n) is 7.93. The van der Waals surface area contributed by atoms with Crippen LogP contribution in [0.5, 0.6) is 0 Å². The van der Waals surface area contributed by atoms with Crippen LogP contribution in [0.1, 0.15) is 11.3 Å². The zero-order chi connectivity index (χ0) is 9.80. The summed E-state index contributed by atoms with van der Waals surface area (Å²) in [5.41, 5.74) is 1.20. The Morgan fingerprint density at radius 1 is 1.36 bits per heavy atom. The van der Waals surface area contributed by atoms with Gasteiger partial charge < -0.3 is 4.42 Å². The first kappa shape index (κ1) is 9.34. The van der Waals surface area contributed by atoms with E-state index in [9.17, 15) is 0 Å². The van der Waals surface area contributed by atoms with Gasteiger partial charge in [0, 0.05) is 6.20 Å². The summed E-state index contributed by atoms with van der Waals surface area (Å²) in [6.45, 7) is 2.05. The SMILES string of the molecule is Cc1ccoc1CSc1ccccn1. The van der Waals surface area contributed by atoms with Crippen LogP contribution in [0.2, 0.25) is 0 Å². The monoisotopic (exact) mass is 205 g/mol. The van der Waals surface area contributed by atoms with Crippen LogP contribution < -0.4 is 0 Å². The van der Waals surface area contributed by atoms with Crippen LogP contribution in [0.25, 0.3) is 0 Å². The largest absolute Gasteiger partial charge is 0.468 e. The van der Waals surface area contributed by atoms with E-state index in [1.54, 1.807) is 24.2 Å². The van der Waals surface area contributed by atoms with Crippen LogP contribution in [0.15, 0.2) is 46.2 Å². The number of aromatic nitrogens is 1. The van der Waals surface area contributed by atoms with Gasteiger partial charge in [-0.05, 0) is 30.7 Å². The Morgan fingerprint density at radius 2 is 2.29 bits per heavy atom. The molecule has 0 N–H and O–H groups in total. The summed E-state index contributed by atoms with van der Waals surface area (Å²) < 4.78 is 5.34. The molecule has 0 atom stereocenters. The van der Waals surface area contributed by atoms with Crippen molar-refractivity contribution in [3.8, 4) is 0 Å². The fourth-order valence-electron chi connectivity index (χ4n) is 1.12. The Kier molecular flexibility index (Phi) is 2.89. The van der Waals surface area contributed by atoms with Gasteiger partial charge in [-0.25, -0.2) is 4.98 Å². The molecule has 0 saturated carbocycles. The van der Waals surface area contributed by atoms with Crippen LogP contribution in [0.4, 0.5) is 0 Å². The number of rotatable bonds is 3. The van der Waals surface area contributed by atoms with Crippen LogP contribution in [0, 0.1) is 6.92 Å². The summed E-state index contributed by atoms with van der Waals surface area (Å²) in [6, 6.07) is 7.89. The maximum atomic E-state index is 5.34. The lowest BCUT2D eigenvalue weighted by Gasteiger charge is -1.98. The van der Waals surface area contributed by atoms with Gasteiger partial charge in [0.15, 0.2) is 0 Å². The molecule has 0 saturated heterocycles. The number of thioether (sulfide) groups is 1. The Hall–Kier alpha value is -1.22. The van der Waals surface area contributed by atoms with Crippen molar-refractivity contribution in [2.75, 3.05) is 0 Å². The third kappa shape index (κ3) is 2.17. The van der Waals surface area contributed by atoms with Crippen molar-refractivity contribution in [1.82, 2.24) is 4.98 Å². The van der Waals surface area contributed by atoms with E-state index in [4.69, 9.17) is 4.42 Å². The van der Waals surface area contributed by atoms with Crippen molar-refractivity contribution in [3.05, 3.63) is 48.0 Å². The maximum Gasteiger partial charge on any atom is 0.116 e. The fraction of sp³-hybridized carbons (Fsp3) is 0.182. The highest BCUT2D eigenvalue weighted by molar-refractivity contribution is 7.98. The van der Waals surface area contributed by atoms with E-state index in [1.807, 2.05) is 24.3 Å². The van der Waals surface area contributed by atoms with E-state index in [0.717, 1.165) is 16.5 Å². The number of hydrogen-bond donors (Lipinski definition) is 0. The predicted molar refractivity (Wildman–Crippen MR) is 57.2 cm³/mol. The molecule has 0 spiro atoms. The summed E-state index contributed by atoms with van der Waals surface area (Å²) in [5.74, 6) is 1.87. The molecule has 2 aromatic heterocycles. The molecule has 0 amide bonds. The number of nitrogens with zero attached hydrogens (tertiary/aromatic N) is 1. The Labute approximate surface area is 87.4 Å². The summed E-state index contributed by atoms with van der Waals surface area (Å²) in [5, 5.41) is 1.03. The second-order valence-corrected chi connectivity index (χ2v) is 3.98. The van der Waals surface area contributed by atoms with Gasteiger partial charge in [-0.2, -0.15) is 0 Å². The van der Waals surface area contributed by atoms with Gasteiger partial charge in [-0.15, -0.1) is 0 Å². The normalized spacial score (nSPS) is 10.4. The molecule has 0 aliphatic heterocycles. The lowest BCUT2D eigenvalue weighted by Crippen LogP contribution is -1.81. The third-order valence-electron chi connectivity index (χ3n) is 1.96. The van der Waals surface area contributed by atoms with Crippen molar-refractivity contribution < 1.29 is 4.42 Å². The van der Waals surface area contributed by atoms with Gasteiger partial charge in [-0.3, -0.25) is 0 Å². The van der Waals surface area contributed by atoms with Crippen molar-refractivity contribution >= 4 is 11.8 Å². The second kappa shape index (κ2) is 4.33. The summed E-state index contributed by atoms with van der Waals surface area (Å²) in [4.78, 5) is 4.23. The number of aryl methyl sites for hydroxylation is 1. The zero-order valence-corrected chi connectivity index (χ0v) is 8.75. The minimum Gasteiger partial charge on any atom is -0.468 e. The van der Waals surface area contributed by atoms with Gasteiger partial charge in [0.05, 0.1) is 17.0 Å². The average Bonchev–Trinajstić information content (AvgIpc) is 2.63. The van der Waals surface area contributed by atoms with Crippen molar-refractivity contribution in [2.24, 2.45) is 0 Å². The highest BCUT2D eigenvalue weighted by Crippen LogP contribution is 2.22. The maximum absolute atomic E-state index is 5.34. The van der Waals surface area contributed by atoms with Crippen LogP contribution in [0.3, 0.4) is 0 Å². The molecule has 0 unspecified atom stereocenters. The average molecular weight is 205 g/mol. The lowest BCUT2D eigenvalue weighted by molar-refractivity contribution is 0.528. The Bertz CT molecular complexity index is 397. The smallest absolute Gasteiger partial charge is 0.116 e. The molecule has 0 bridgehead atoms. The number of hydrogen-bond acceptors (Lipinski definition) is 3. The molecule has 0 fully saturated rings. The topological polar surface area (TPSA) is 26.0 Å². The third-order valence-corrected chi connectivity index (χ3v) is 2.90. The van der Waals surface area contributed by atoms with Crippen LogP contribution in [-0.4, -0.2) is 4.98 Å². The molecule has 0 radical (unpaired) electrons. The van der Waals surface area contributed by atoms with Crippen LogP contribution >= 0.6 is 11.8 Å². The Morgan fingerprint density at radius 3 is 2.93 bits per heavy atom. The van der Waals surface area contributed by atoms with Gasteiger partial charge in [-0.1, -0.05) is 17.8 Å². The standard InChI is InChI=1S/C11H11NOS/c1-9-5-7-13-10(9)8-14-11-4-2-3-6-12-11/h2-7H,8H2,1H3. The minimum atomic E-state index is 0.843. The highest BCUT2D eigenvalue weighted by atomic mass is 32.2. The molecule has 2 nitrogen and oxygen atoms in total. The molecule has 2 heterocycles. The second-order valence-electron chi connectivity index (χ2n) is 2.98. The Balaban J connectivity index is 1.99. The number of pyridine rings is 1. The van der Waals surface area contributed by atoms with Gasteiger partial charge in [0.2, 0.25) is 0 Å². The van der Waals surface area contributed by atoms with E-state index in [0.29, 0.717) is 0 Å². The van der Waals surface area contributed by atoms with E-state index in [-0.39, 0.29) is 0 Å². The van der Waals surface area contributed by atoms with E-state index in [2.05, 4.69) is 11.9 Å². The number of furan rings is 1. The van der Waals surface area contributed by atoms with Crippen molar-refractivity contribution in [1.29, 1.82) is 0 Å². The minimum absolute atomic E-state index is 0.843. The van der Waals surface area contributed by atoms with Crippen molar-refractivity contribution in [3.63, 3.8) is 0 Å². The van der Waals surface area contributed by atoms with E-state index >= 15 is 0 Å². The molecule has 3 heteroatoms. The highest BCUT2D eigenvalue weighted by Gasteiger charge is 2.02. The molecule has 2 aromatic rings. The first-order valence-corrected chi connectivity index (χ1v) is 5.41. The van der Waals surface area contributed by atoms with Crippen LogP contribution in [-0.2, 0) is 5.75 Å². The predicted octanol–water partition coefficient (Wildman–Crippen LogP) is 3.28. The van der Waals surface area contributed by atoms with E-state index < -0.39 is 0 Å². The lowest BCUT2D eigenvalue weighted by atomic mass is 10.3. The molecule has 14 heavy (non-hydrogen) atoms. The first-order chi connectivity index (χ1) is 6.86. The molecule has 0 aliphatic carbocycles. The molecule has 2 rings (SSSR count). The molecular weight excluding hydrogens is 194 g/mol. The molecular formula is C11H11NOS. The summed E-state index contributed by atoms with van der Waals surface area (Å²) >= 11 is 1.69. The summed E-state index contributed by atoms with van der Waals surface area (Å²) in [7, 11) is 0. The fourth-order valence-corrected chi connectivity index (χ4v) is 2.01.